The topological polar surface area (TPSA) is 41.1 Å². The predicted molar refractivity (Wildman–Crippen MR) is 71.9 cm³/mol. The van der Waals surface area contributed by atoms with E-state index in [1.54, 1.807) is 0 Å². The number of unbranched alkanes of at least 4 members (excludes halogenated alkanes) is 2. The summed E-state index contributed by atoms with van der Waals surface area (Å²) in [7, 11) is 0. The molecule has 0 aromatic rings. The molecule has 0 bridgehead atoms. The molecule has 1 fully saturated rings. The lowest BCUT2D eigenvalue weighted by molar-refractivity contribution is -0.127. The van der Waals surface area contributed by atoms with Crippen molar-refractivity contribution in [3.8, 4) is 0 Å². The number of rotatable bonds is 9. The minimum atomic E-state index is -0.0102. The van der Waals surface area contributed by atoms with Crippen molar-refractivity contribution in [3.63, 3.8) is 0 Å². The van der Waals surface area contributed by atoms with Gasteiger partial charge in [0.25, 0.3) is 0 Å². The highest BCUT2D eigenvalue weighted by Crippen LogP contribution is 2.51. The molecule has 3 nitrogen and oxygen atoms in total. The fraction of sp³-hybridized carbons (Fsp3) is 0.929. The minimum absolute atomic E-state index is 0.0102. The van der Waals surface area contributed by atoms with Gasteiger partial charge in [0.2, 0.25) is 5.91 Å². The van der Waals surface area contributed by atoms with Crippen LogP contribution in [0.4, 0.5) is 0 Å². The van der Waals surface area contributed by atoms with Gasteiger partial charge in [-0.15, -0.1) is 0 Å². The first-order chi connectivity index (χ1) is 8.13. The summed E-state index contributed by atoms with van der Waals surface area (Å²) in [5.41, 5.74) is -0.0102. The zero-order valence-corrected chi connectivity index (χ0v) is 11.6. The van der Waals surface area contributed by atoms with Gasteiger partial charge in [0.1, 0.15) is 0 Å². The van der Waals surface area contributed by atoms with E-state index in [-0.39, 0.29) is 5.41 Å². The third kappa shape index (κ3) is 4.30. The molecule has 0 heterocycles. The highest BCUT2D eigenvalue weighted by atomic mass is 16.2. The molecule has 2 N–H and O–H groups in total. The Balaban J connectivity index is 2.02. The Morgan fingerprint density at radius 1 is 1.18 bits per heavy atom. The van der Waals surface area contributed by atoms with Gasteiger partial charge in [-0.2, -0.15) is 0 Å². The second kappa shape index (κ2) is 7.00. The fourth-order valence-corrected chi connectivity index (χ4v) is 2.31. The Labute approximate surface area is 106 Å². The van der Waals surface area contributed by atoms with Crippen molar-refractivity contribution in [2.45, 2.75) is 52.9 Å². The van der Waals surface area contributed by atoms with Crippen LogP contribution in [0.25, 0.3) is 0 Å². The Bertz CT molecular complexity index is 234. The molecular formula is C14H28N2O. The Morgan fingerprint density at radius 2 is 1.82 bits per heavy atom. The predicted octanol–water partition coefficient (Wildman–Crippen LogP) is 2.32. The molecule has 1 saturated carbocycles. The van der Waals surface area contributed by atoms with Crippen LogP contribution in [0.2, 0.25) is 0 Å². The Hall–Kier alpha value is -0.570. The van der Waals surface area contributed by atoms with E-state index < -0.39 is 0 Å². The second-order valence-electron chi connectivity index (χ2n) is 5.48. The van der Waals surface area contributed by atoms with Gasteiger partial charge < -0.3 is 10.6 Å². The van der Waals surface area contributed by atoms with Crippen molar-refractivity contribution in [2.75, 3.05) is 19.6 Å². The van der Waals surface area contributed by atoms with Gasteiger partial charge in [0.15, 0.2) is 0 Å². The highest BCUT2D eigenvalue weighted by molar-refractivity contribution is 5.85. The van der Waals surface area contributed by atoms with Crippen molar-refractivity contribution in [1.29, 1.82) is 0 Å². The normalized spacial score (nSPS) is 17.2. The van der Waals surface area contributed by atoms with Crippen molar-refractivity contribution >= 4 is 5.91 Å². The standard InChI is InChI=1S/C14H28N2O/c1-4-15-10-6-5-7-11-16-13(17)14(8-9-14)12(2)3/h12,15H,4-11H2,1-3H3,(H,16,17). The monoisotopic (exact) mass is 240 g/mol. The first kappa shape index (κ1) is 14.5. The number of carbonyl (C=O) groups is 1. The molecule has 17 heavy (non-hydrogen) atoms. The third-order valence-electron chi connectivity index (χ3n) is 3.91. The maximum absolute atomic E-state index is 12.0. The van der Waals surface area contributed by atoms with E-state index in [2.05, 4.69) is 31.4 Å². The van der Waals surface area contributed by atoms with Gasteiger partial charge in [-0.25, -0.2) is 0 Å². The van der Waals surface area contributed by atoms with E-state index in [1.165, 1.54) is 12.8 Å². The summed E-state index contributed by atoms with van der Waals surface area (Å²) < 4.78 is 0. The number of hydrogen-bond donors (Lipinski definition) is 2. The van der Waals surface area contributed by atoms with Crippen molar-refractivity contribution < 1.29 is 4.79 Å². The summed E-state index contributed by atoms with van der Waals surface area (Å²) in [6.07, 6.45) is 5.67. The maximum atomic E-state index is 12.0. The lowest BCUT2D eigenvalue weighted by atomic mass is 9.91. The van der Waals surface area contributed by atoms with E-state index in [9.17, 15) is 4.79 Å². The lowest BCUT2D eigenvalue weighted by Crippen LogP contribution is -2.35. The van der Waals surface area contributed by atoms with Crippen LogP contribution in [0.5, 0.6) is 0 Å². The van der Waals surface area contributed by atoms with Crippen LogP contribution in [0.15, 0.2) is 0 Å². The molecule has 1 amide bonds. The van der Waals surface area contributed by atoms with Gasteiger partial charge in [0, 0.05) is 6.54 Å². The summed E-state index contributed by atoms with van der Waals surface area (Å²) in [6, 6.07) is 0. The summed E-state index contributed by atoms with van der Waals surface area (Å²) in [5.74, 6) is 0.774. The van der Waals surface area contributed by atoms with E-state index in [0.717, 1.165) is 38.9 Å². The molecular weight excluding hydrogens is 212 g/mol. The van der Waals surface area contributed by atoms with Gasteiger partial charge in [0.05, 0.1) is 5.41 Å². The number of nitrogens with one attached hydrogen (secondary N) is 2. The van der Waals surface area contributed by atoms with E-state index in [1.807, 2.05) is 0 Å². The van der Waals surface area contributed by atoms with Crippen LogP contribution in [0, 0.1) is 11.3 Å². The third-order valence-corrected chi connectivity index (χ3v) is 3.91. The zero-order chi connectivity index (χ0) is 12.7. The van der Waals surface area contributed by atoms with Crippen LogP contribution in [0.3, 0.4) is 0 Å². The molecule has 3 heteroatoms. The number of carbonyl (C=O) groups excluding carboxylic acids is 1. The van der Waals surface area contributed by atoms with Crippen LogP contribution in [0.1, 0.15) is 52.9 Å². The summed E-state index contributed by atoms with van der Waals surface area (Å²) in [4.78, 5) is 12.0. The minimum Gasteiger partial charge on any atom is -0.356 e. The number of hydrogen-bond acceptors (Lipinski definition) is 2. The van der Waals surface area contributed by atoms with E-state index >= 15 is 0 Å². The molecule has 0 unspecified atom stereocenters. The van der Waals surface area contributed by atoms with Gasteiger partial charge >= 0.3 is 0 Å². The smallest absolute Gasteiger partial charge is 0.226 e. The Kier molecular flexibility index (Phi) is 5.96. The lowest BCUT2D eigenvalue weighted by Gasteiger charge is -2.18. The summed E-state index contributed by atoms with van der Waals surface area (Å²) in [6.45, 7) is 9.43. The van der Waals surface area contributed by atoms with Gasteiger partial charge in [-0.3, -0.25) is 4.79 Å². The quantitative estimate of drug-likeness (QED) is 0.607. The first-order valence-electron chi connectivity index (χ1n) is 7.12. The molecule has 0 aromatic carbocycles. The molecule has 0 radical (unpaired) electrons. The fourth-order valence-electron chi connectivity index (χ4n) is 2.31. The SMILES string of the molecule is CCNCCCCCNC(=O)C1(C(C)C)CC1. The number of amides is 1. The van der Waals surface area contributed by atoms with Crippen LogP contribution in [-0.2, 0) is 4.79 Å². The van der Waals surface area contributed by atoms with E-state index in [4.69, 9.17) is 0 Å². The average Bonchev–Trinajstić information content (AvgIpc) is 3.08. The molecule has 1 rings (SSSR count). The maximum Gasteiger partial charge on any atom is 0.226 e. The van der Waals surface area contributed by atoms with Gasteiger partial charge in [-0.1, -0.05) is 27.2 Å². The summed E-state index contributed by atoms with van der Waals surface area (Å²) in [5, 5.41) is 6.41. The van der Waals surface area contributed by atoms with E-state index in [0.29, 0.717) is 11.8 Å². The molecule has 0 aliphatic heterocycles. The van der Waals surface area contributed by atoms with Crippen molar-refractivity contribution in [1.82, 2.24) is 10.6 Å². The largest absolute Gasteiger partial charge is 0.356 e. The van der Waals surface area contributed by atoms with Crippen molar-refractivity contribution in [3.05, 3.63) is 0 Å². The molecule has 1 aliphatic carbocycles. The van der Waals surface area contributed by atoms with Crippen LogP contribution >= 0.6 is 0 Å². The Morgan fingerprint density at radius 3 is 2.35 bits per heavy atom. The van der Waals surface area contributed by atoms with Crippen molar-refractivity contribution in [2.24, 2.45) is 11.3 Å². The van der Waals surface area contributed by atoms with Crippen LogP contribution in [-0.4, -0.2) is 25.5 Å². The molecule has 0 atom stereocenters. The summed E-state index contributed by atoms with van der Waals surface area (Å²) >= 11 is 0. The average molecular weight is 240 g/mol. The molecule has 100 valence electrons. The molecule has 0 saturated heterocycles. The second-order valence-corrected chi connectivity index (χ2v) is 5.48. The molecule has 0 aromatic heterocycles. The molecule has 1 aliphatic rings. The molecule has 0 spiro atoms. The zero-order valence-electron chi connectivity index (χ0n) is 11.6. The highest BCUT2D eigenvalue weighted by Gasteiger charge is 2.51. The first-order valence-corrected chi connectivity index (χ1v) is 7.12. The van der Waals surface area contributed by atoms with Gasteiger partial charge in [-0.05, 0) is 44.7 Å². The van der Waals surface area contributed by atoms with Crippen LogP contribution < -0.4 is 10.6 Å².